The number of hydrogen-bond donors (Lipinski definition) is 2. The van der Waals surface area contributed by atoms with Crippen molar-refractivity contribution in [3.8, 4) is 5.75 Å². The lowest BCUT2D eigenvalue weighted by Crippen LogP contribution is -2.47. The summed E-state index contributed by atoms with van der Waals surface area (Å²) in [6.07, 6.45) is 8.20. The molecule has 27 heavy (non-hydrogen) atoms. The lowest BCUT2D eigenvalue weighted by molar-refractivity contribution is -0.130. The largest absolute Gasteiger partial charge is 0.493 e. The van der Waals surface area contributed by atoms with E-state index in [2.05, 4.69) is 10.6 Å². The molecular weight excluding hydrogens is 364 g/mol. The monoisotopic (exact) mass is 396 g/mol. The van der Waals surface area contributed by atoms with Gasteiger partial charge in [-0.1, -0.05) is 19.3 Å². The number of halogens is 1. The molecule has 3 rings (SSSR count). The molecule has 1 saturated carbocycles. The minimum atomic E-state index is -0.434. The number of amides is 1. The molecule has 0 unspecified atom stereocenters. The summed E-state index contributed by atoms with van der Waals surface area (Å²) in [5.74, 6) is 1.62. The minimum absolute atomic E-state index is 0. The Morgan fingerprint density at radius 2 is 1.81 bits per heavy atom. The molecule has 2 fully saturated rings. The molecule has 1 aliphatic carbocycles. The van der Waals surface area contributed by atoms with Gasteiger partial charge in [0.25, 0.3) is 0 Å². The molecule has 152 valence electrons. The van der Waals surface area contributed by atoms with Crippen LogP contribution in [0.25, 0.3) is 0 Å². The summed E-state index contributed by atoms with van der Waals surface area (Å²) in [6.45, 7) is 2.97. The van der Waals surface area contributed by atoms with Crippen molar-refractivity contribution < 1.29 is 14.3 Å². The van der Waals surface area contributed by atoms with Crippen molar-refractivity contribution in [3.63, 3.8) is 0 Å². The van der Waals surface area contributed by atoms with Gasteiger partial charge in [-0.25, -0.2) is 0 Å². The van der Waals surface area contributed by atoms with Gasteiger partial charge in [-0.3, -0.25) is 4.79 Å². The van der Waals surface area contributed by atoms with Gasteiger partial charge in [0.1, 0.15) is 5.75 Å². The number of rotatable bonds is 7. The molecule has 1 saturated heterocycles. The van der Waals surface area contributed by atoms with E-state index in [1.807, 2.05) is 24.3 Å². The first kappa shape index (κ1) is 22.0. The molecule has 1 aliphatic heterocycles. The van der Waals surface area contributed by atoms with E-state index in [1.165, 1.54) is 32.1 Å². The van der Waals surface area contributed by atoms with E-state index in [0.29, 0.717) is 12.5 Å². The molecule has 6 heteroatoms. The Morgan fingerprint density at radius 1 is 1.15 bits per heavy atom. The lowest BCUT2D eigenvalue weighted by atomic mass is 9.78. The van der Waals surface area contributed by atoms with Crippen LogP contribution in [0.4, 0.5) is 5.69 Å². The van der Waals surface area contributed by atoms with Gasteiger partial charge in [0, 0.05) is 12.8 Å². The molecule has 0 atom stereocenters. The fourth-order valence-electron chi connectivity index (χ4n) is 4.08. The molecule has 1 aromatic carbocycles. The number of ether oxygens (including phenoxy) is 2. The number of piperidine rings is 1. The van der Waals surface area contributed by atoms with Crippen LogP contribution in [0.1, 0.15) is 44.9 Å². The first-order valence-electron chi connectivity index (χ1n) is 9.96. The fraction of sp³-hybridized carbons (Fsp3) is 0.667. The maximum atomic E-state index is 12.8. The topological polar surface area (TPSA) is 59.6 Å². The van der Waals surface area contributed by atoms with Crippen LogP contribution in [0, 0.1) is 11.3 Å². The van der Waals surface area contributed by atoms with Gasteiger partial charge in [-0.2, -0.15) is 0 Å². The summed E-state index contributed by atoms with van der Waals surface area (Å²) < 4.78 is 11.3. The maximum Gasteiger partial charge on any atom is 0.233 e. The van der Waals surface area contributed by atoms with E-state index in [4.69, 9.17) is 9.47 Å². The highest BCUT2D eigenvalue weighted by Gasteiger charge is 2.39. The van der Waals surface area contributed by atoms with Crippen molar-refractivity contribution in [2.45, 2.75) is 44.9 Å². The molecular formula is C21H33ClN2O3. The highest BCUT2D eigenvalue weighted by molar-refractivity contribution is 5.95. The molecule has 0 aromatic heterocycles. The third-order valence-corrected chi connectivity index (χ3v) is 5.79. The zero-order valence-electron chi connectivity index (χ0n) is 16.3. The van der Waals surface area contributed by atoms with Crippen LogP contribution in [0.15, 0.2) is 24.3 Å². The van der Waals surface area contributed by atoms with Crippen LogP contribution in [0.3, 0.4) is 0 Å². The third kappa shape index (κ3) is 6.09. The minimum Gasteiger partial charge on any atom is -0.493 e. The first-order valence-corrected chi connectivity index (χ1v) is 9.96. The zero-order valence-corrected chi connectivity index (χ0v) is 17.1. The van der Waals surface area contributed by atoms with Crippen molar-refractivity contribution in [2.24, 2.45) is 11.3 Å². The van der Waals surface area contributed by atoms with Crippen molar-refractivity contribution in [3.05, 3.63) is 24.3 Å². The third-order valence-electron chi connectivity index (χ3n) is 5.79. The predicted molar refractivity (Wildman–Crippen MR) is 111 cm³/mol. The van der Waals surface area contributed by atoms with Gasteiger partial charge < -0.3 is 20.1 Å². The van der Waals surface area contributed by atoms with Gasteiger partial charge in [0.15, 0.2) is 0 Å². The summed E-state index contributed by atoms with van der Waals surface area (Å²) in [7, 11) is 1.66. The summed E-state index contributed by atoms with van der Waals surface area (Å²) >= 11 is 0. The molecule has 2 N–H and O–H groups in total. The number of anilines is 1. The zero-order chi connectivity index (χ0) is 18.2. The smallest absolute Gasteiger partial charge is 0.233 e. The van der Waals surface area contributed by atoms with Crippen molar-refractivity contribution >= 4 is 24.0 Å². The van der Waals surface area contributed by atoms with Gasteiger partial charge in [-0.05, 0) is 69.0 Å². The molecule has 5 nitrogen and oxygen atoms in total. The normalized spacial score (nSPS) is 19.7. The van der Waals surface area contributed by atoms with Crippen molar-refractivity contribution in [1.29, 1.82) is 0 Å². The highest BCUT2D eigenvalue weighted by Crippen LogP contribution is 2.31. The van der Waals surface area contributed by atoms with Gasteiger partial charge in [0.05, 0.1) is 18.6 Å². The molecule has 0 bridgehead atoms. The Morgan fingerprint density at radius 3 is 2.44 bits per heavy atom. The predicted octanol–water partition coefficient (Wildman–Crippen LogP) is 4.02. The number of benzene rings is 1. The highest BCUT2D eigenvalue weighted by atomic mass is 35.5. The van der Waals surface area contributed by atoms with E-state index >= 15 is 0 Å². The second-order valence-corrected chi connectivity index (χ2v) is 7.76. The summed E-state index contributed by atoms with van der Waals surface area (Å²) in [5.41, 5.74) is 0.380. The van der Waals surface area contributed by atoms with Crippen LogP contribution < -0.4 is 15.4 Å². The van der Waals surface area contributed by atoms with E-state index in [1.54, 1.807) is 7.11 Å². The molecule has 0 spiro atoms. The second-order valence-electron chi connectivity index (χ2n) is 7.76. The van der Waals surface area contributed by atoms with Gasteiger partial charge >= 0.3 is 0 Å². The van der Waals surface area contributed by atoms with Gasteiger partial charge in [-0.15, -0.1) is 12.4 Å². The Hall–Kier alpha value is -1.30. The number of methoxy groups -OCH3 is 1. The van der Waals surface area contributed by atoms with E-state index < -0.39 is 5.41 Å². The standard InChI is InChI=1S/C21H32N2O3.ClH/c1-25-16-21(11-13-22-14-12-21)20(24)23-18-7-9-19(10-8-18)26-15-17-5-3-2-4-6-17;/h7-10,17,22H,2-6,11-16H2,1H3,(H,23,24);1H. The van der Waals surface area contributed by atoms with Gasteiger partial charge in [0.2, 0.25) is 5.91 Å². The number of carbonyl (C=O) groups excluding carboxylic acids is 1. The summed E-state index contributed by atoms with van der Waals surface area (Å²) in [6, 6.07) is 7.75. The fourth-order valence-corrected chi connectivity index (χ4v) is 4.08. The maximum absolute atomic E-state index is 12.8. The molecule has 1 aromatic rings. The van der Waals surface area contributed by atoms with E-state index in [-0.39, 0.29) is 18.3 Å². The van der Waals surface area contributed by atoms with Crippen LogP contribution >= 0.6 is 12.4 Å². The number of nitrogens with one attached hydrogen (secondary N) is 2. The average molecular weight is 397 g/mol. The molecule has 1 amide bonds. The number of carbonyl (C=O) groups is 1. The van der Waals surface area contributed by atoms with Crippen LogP contribution in [-0.2, 0) is 9.53 Å². The van der Waals surface area contributed by atoms with Crippen LogP contribution in [0.5, 0.6) is 5.75 Å². The quantitative estimate of drug-likeness (QED) is 0.730. The Kier molecular flexibility index (Phi) is 8.87. The average Bonchev–Trinajstić information content (AvgIpc) is 2.69. The first-order chi connectivity index (χ1) is 12.7. The lowest BCUT2D eigenvalue weighted by Gasteiger charge is -2.35. The molecule has 0 radical (unpaired) electrons. The van der Waals surface area contributed by atoms with Crippen molar-refractivity contribution in [2.75, 3.05) is 38.7 Å². The Balaban J connectivity index is 0.00000261. The van der Waals surface area contributed by atoms with E-state index in [9.17, 15) is 4.79 Å². The Labute approximate surface area is 169 Å². The van der Waals surface area contributed by atoms with Crippen molar-refractivity contribution in [1.82, 2.24) is 5.32 Å². The molecule has 2 aliphatic rings. The molecule has 1 heterocycles. The van der Waals surface area contributed by atoms with Crippen LogP contribution in [-0.4, -0.2) is 39.3 Å². The number of hydrogen-bond acceptors (Lipinski definition) is 4. The Bertz CT molecular complexity index is 562. The second kappa shape index (κ2) is 10.9. The van der Waals surface area contributed by atoms with E-state index in [0.717, 1.165) is 44.0 Å². The SMILES string of the molecule is COCC1(C(=O)Nc2ccc(OCC3CCCCC3)cc2)CCNCC1.Cl. The van der Waals surface area contributed by atoms with Crippen LogP contribution in [0.2, 0.25) is 0 Å². The summed E-state index contributed by atoms with van der Waals surface area (Å²) in [5, 5.41) is 6.38. The summed E-state index contributed by atoms with van der Waals surface area (Å²) in [4.78, 5) is 12.8.